The predicted molar refractivity (Wildman–Crippen MR) is 106 cm³/mol. The summed E-state index contributed by atoms with van der Waals surface area (Å²) < 4.78 is 53.6. The van der Waals surface area contributed by atoms with Crippen LogP contribution in [0.4, 0.5) is 8.78 Å². The smallest absolute Gasteiger partial charge is 0.213 e. The highest BCUT2D eigenvalue weighted by atomic mass is 32.2. The van der Waals surface area contributed by atoms with E-state index in [1.165, 1.54) is 0 Å². The highest BCUT2D eigenvalue weighted by Gasteiger charge is 2.10. The standard InChI is InChI=1S/C19H24F2N4O2S/c1-2-22-19(24-14-16-12-17(20)8-9-18(16)21)23-10-11-28(26,27)25-13-15-6-4-3-5-7-15/h3-9,12,25H,2,10-11,13-14H2,1H3,(H2,22,23,24). The zero-order valence-corrected chi connectivity index (χ0v) is 16.4. The van der Waals surface area contributed by atoms with E-state index in [4.69, 9.17) is 0 Å². The lowest BCUT2D eigenvalue weighted by Crippen LogP contribution is -2.41. The van der Waals surface area contributed by atoms with Gasteiger partial charge in [0.2, 0.25) is 10.0 Å². The number of sulfonamides is 1. The number of guanidine groups is 1. The van der Waals surface area contributed by atoms with Gasteiger partial charge in [-0.3, -0.25) is 0 Å². The molecule has 0 saturated heterocycles. The maximum Gasteiger partial charge on any atom is 0.213 e. The van der Waals surface area contributed by atoms with Crippen LogP contribution in [0.3, 0.4) is 0 Å². The van der Waals surface area contributed by atoms with Gasteiger partial charge in [-0.05, 0) is 30.7 Å². The molecule has 3 N–H and O–H groups in total. The third-order valence-corrected chi connectivity index (χ3v) is 5.09. The minimum atomic E-state index is -3.47. The van der Waals surface area contributed by atoms with Crippen molar-refractivity contribution in [3.8, 4) is 0 Å². The molecule has 28 heavy (non-hydrogen) atoms. The van der Waals surface area contributed by atoms with Crippen molar-refractivity contribution in [2.75, 3.05) is 18.8 Å². The van der Waals surface area contributed by atoms with Crippen molar-refractivity contribution in [1.29, 1.82) is 0 Å². The average molecular weight is 410 g/mol. The molecule has 0 atom stereocenters. The fraction of sp³-hybridized carbons (Fsp3) is 0.316. The summed E-state index contributed by atoms with van der Waals surface area (Å²) in [4.78, 5) is 4.17. The maximum atomic E-state index is 13.7. The summed E-state index contributed by atoms with van der Waals surface area (Å²) in [6.07, 6.45) is 0. The third-order valence-electron chi connectivity index (χ3n) is 3.76. The second kappa shape index (κ2) is 10.7. The van der Waals surface area contributed by atoms with Crippen molar-refractivity contribution in [2.45, 2.75) is 20.0 Å². The number of benzene rings is 2. The van der Waals surface area contributed by atoms with Crippen molar-refractivity contribution in [3.05, 3.63) is 71.3 Å². The molecule has 152 valence electrons. The van der Waals surface area contributed by atoms with Crippen LogP contribution in [0.5, 0.6) is 0 Å². The van der Waals surface area contributed by atoms with Gasteiger partial charge in [0, 0.05) is 25.2 Å². The summed E-state index contributed by atoms with van der Waals surface area (Å²) in [5, 5.41) is 5.82. The zero-order valence-electron chi connectivity index (χ0n) is 15.6. The van der Waals surface area contributed by atoms with Crippen LogP contribution in [0.1, 0.15) is 18.1 Å². The number of hydrogen-bond donors (Lipinski definition) is 3. The summed E-state index contributed by atoms with van der Waals surface area (Å²) in [6.45, 7) is 2.64. The molecule has 0 saturated carbocycles. The molecule has 0 radical (unpaired) electrons. The number of aliphatic imine (C=N–C) groups is 1. The SMILES string of the molecule is CCNC(=NCc1cc(F)ccc1F)NCCS(=O)(=O)NCc1ccccc1. The van der Waals surface area contributed by atoms with Gasteiger partial charge < -0.3 is 10.6 Å². The number of halogens is 2. The number of rotatable bonds is 9. The lowest BCUT2D eigenvalue weighted by Gasteiger charge is -2.12. The number of hydrogen-bond acceptors (Lipinski definition) is 3. The lowest BCUT2D eigenvalue weighted by molar-refractivity contribution is 0.579. The van der Waals surface area contributed by atoms with E-state index in [0.717, 1.165) is 23.8 Å². The van der Waals surface area contributed by atoms with Crippen molar-refractivity contribution in [1.82, 2.24) is 15.4 Å². The largest absolute Gasteiger partial charge is 0.357 e. The quantitative estimate of drug-likeness (QED) is 0.437. The molecule has 2 aromatic carbocycles. The van der Waals surface area contributed by atoms with E-state index in [9.17, 15) is 17.2 Å². The van der Waals surface area contributed by atoms with Crippen LogP contribution in [0, 0.1) is 11.6 Å². The topological polar surface area (TPSA) is 82.6 Å². The van der Waals surface area contributed by atoms with Crippen molar-refractivity contribution in [2.24, 2.45) is 4.99 Å². The van der Waals surface area contributed by atoms with Crippen LogP contribution >= 0.6 is 0 Å². The van der Waals surface area contributed by atoms with Gasteiger partial charge >= 0.3 is 0 Å². The van der Waals surface area contributed by atoms with Crippen LogP contribution in [0.25, 0.3) is 0 Å². The molecule has 2 rings (SSSR count). The number of nitrogens with zero attached hydrogens (tertiary/aromatic N) is 1. The van der Waals surface area contributed by atoms with Crippen LogP contribution in [0.15, 0.2) is 53.5 Å². The van der Waals surface area contributed by atoms with E-state index in [1.54, 1.807) is 0 Å². The Morgan fingerprint density at radius 3 is 2.54 bits per heavy atom. The molecule has 0 spiro atoms. The minimum absolute atomic E-state index is 0.0715. The molecule has 0 bridgehead atoms. The fourth-order valence-electron chi connectivity index (χ4n) is 2.34. The number of nitrogens with one attached hydrogen (secondary N) is 3. The third kappa shape index (κ3) is 7.61. The lowest BCUT2D eigenvalue weighted by atomic mass is 10.2. The van der Waals surface area contributed by atoms with Gasteiger partial charge in [-0.25, -0.2) is 26.9 Å². The first kappa shape index (κ1) is 21.8. The second-order valence-electron chi connectivity index (χ2n) is 5.98. The molecule has 0 aromatic heterocycles. The maximum absolute atomic E-state index is 13.7. The van der Waals surface area contributed by atoms with Crippen molar-refractivity contribution < 1.29 is 17.2 Å². The Kier molecular flexibility index (Phi) is 8.34. The molecule has 0 aliphatic rings. The Hall–Kier alpha value is -2.52. The van der Waals surface area contributed by atoms with E-state index >= 15 is 0 Å². The predicted octanol–water partition coefficient (Wildman–Crippen LogP) is 2.14. The molecule has 0 amide bonds. The molecular weight excluding hydrogens is 386 g/mol. The summed E-state index contributed by atoms with van der Waals surface area (Å²) in [6, 6.07) is 12.4. The van der Waals surface area contributed by atoms with E-state index in [-0.39, 0.29) is 31.0 Å². The molecule has 0 heterocycles. The van der Waals surface area contributed by atoms with Crippen LogP contribution in [0.2, 0.25) is 0 Å². The molecular formula is C19H24F2N4O2S. The summed E-state index contributed by atoms with van der Waals surface area (Å²) in [7, 11) is -3.47. The van der Waals surface area contributed by atoms with Gasteiger partial charge in [0.05, 0.1) is 12.3 Å². The molecule has 0 unspecified atom stereocenters. The molecule has 2 aromatic rings. The van der Waals surface area contributed by atoms with Crippen molar-refractivity contribution in [3.63, 3.8) is 0 Å². The van der Waals surface area contributed by atoms with E-state index < -0.39 is 21.7 Å². The van der Waals surface area contributed by atoms with Crippen molar-refractivity contribution >= 4 is 16.0 Å². The first-order valence-electron chi connectivity index (χ1n) is 8.87. The molecule has 6 nitrogen and oxygen atoms in total. The van der Waals surface area contributed by atoms with Gasteiger partial charge in [-0.15, -0.1) is 0 Å². The van der Waals surface area contributed by atoms with Gasteiger partial charge in [0.15, 0.2) is 5.96 Å². The summed E-state index contributed by atoms with van der Waals surface area (Å²) >= 11 is 0. The fourth-order valence-corrected chi connectivity index (χ4v) is 3.24. The monoisotopic (exact) mass is 410 g/mol. The second-order valence-corrected chi connectivity index (χ2v) is 7.91. The molecule has 0 aliphatic heterocycles. The summed E-state index contributed by atoms with van der Waals surface area (Å²) in [5.74, 6) is -0.920. The molecule has 9 heteroatoms. The van der Waals surface area contributed by atoms with Gasteiger partial charge in [-0.2, -0.15) is 0 Å². The Bertz CT molecular complexity index is 890. The molecule has 0 aliphatic carbocycles. The normalized spacial score (nSPS) is 12.0. The Morgan fingerprint density at radius 2 is 1.82 bits per heavy atom. The van der Waals surface area contributed by atoms with Crippen LogP contribution in [-0.4, -0.2) is 33.2 Å². The van der Waals surface area contributed by atoms with Gasteiger partial charge in [0.25, 0.3) is 0 Å². The Balaban J connectivity index is 1.87. The minimum Gasteiger partial charge on any atom is -0.357 e. The van der Waals surface area contributed by atoms with Crippen LogP contribution in [-0.2, 0) is 23.1 Å². The first-order valence-corrected chi connectivity index (χ1v) is 10.5. The van der Waals surface area contributed by atoms with E-state index in [0.29, 0.717) is 12.5 Å². The van der Waals surface area contributed by atoms with Crippen LogP contribution < -0.4 is 15.4 Å². The van der Waals surface area contributed by atoms with E-state index in [1.807, 2.05) is 37.3 Å². The summed E-state index contributed by atoms with van der Waals surface area (Å²) in [5.41, 5.74) is 0.986. The van der Waals surface area contributed by atoms with E-state index in [2.05, 4.69) is 20.3 Å². The zero-order chi connectivity index (χ0) is 20.4. The van der Waals surface area contributed by atoms with Gasteiger partial charge in [-0.1, -0.05) is 30.3 Å². The highest BCUT2D eigenvalue weighted by Crippen LogP contribution is 2.10. The Labute approximate surface area is 164 Å². The highest BCUT2D eigenvalue weighted by molar-refractivity contribution is 7.89. The first-order chi connectivity index (χ1) is 13.4. The Morgan fingerprint density at radius 1 is 1.07 bits per heavy atom. The average Bonchev–Trinajstić information content (AvgIpc) is 2.68. The molecule has 0 fully saturated rings. The van der Waals surface area contributed by atoms with Gasteiger partial charge in [0.1, 0.15) is 11.6 Å².